The standard InChI is InChI=1S/C19H22N2O3/c1-4-15-5-9-18(10-6-15)24-13-19(22)21-20-14(2)16-7-11-17(23-3)12-8-16/h5-12H,4,13H2,1-3H3,(H,21,22)/b20-14+. The van der Waals surface area contributed by atoms with Crippen molar-refractivity contribution in [3.8, 4) is 11.5 Å². The molecule has 2 rings (SSSR count). The first kappa shape index (κ1) is 17.5. The molecule has 0 saturated carbocycles. The highest BCUT2D eigenvalue weighted by molar-refractivity contribution is 5.99. The van der Waals surface area contributed by atoms with Gasteiger partial charge in [-0.05, 0) is 60.9 Å². The van der Waals surface area contributed by atoms with Crippen LogP contribution in [-0.2, 0) is 11.2 Å². The van der Waals surface area contributed by atoms with Crippen molar-refractivity contribution in [3.05, 3.63) is 59.7 Å². The molecule has 0 radical (unpaired) electrons. The zero-order chi connectivity index (χ0) is 17.4. The van der Waals surface area contributed by atoms with E-state index < -0.39 is 0 Å². The van der Waals surface area contributed by atoms with Crippen LogP contribution in [0.5, 0.6) is 11.5 Å². The van der Waals surface area contributed by atoms with Gasteiger partial charge >= 0.3 is 0 Å². The van der Waals surface area contributed by atoms with Crippen LogP contribution >= 0.6 is 0 Å². The maximum atomic E-state index is 11.8. The SMILES string of the molecule is CCc1ccc(OCC(=O)N/N=C(\C)c2ccc(OC)cc2)cc1. The molecule has 2 aromatic carbocycles. The number of amides is 1. The van der Waals surface area contributed by atoms with Gasteiger partial charge < -0.3 is 9.47 Å². The number of methoxy groups -OCH3 is 1. The molecule has 0 bridgehead atoms. The summed E-state index contributed by atoms with van der Waals surface area (Å²) in [6.07, 6.45) is 0.972. The molecular weight excluding hydrogens is 304 g/mol. The van der Waals surface area contributed by atoms with Gasteiger partial charge in [-0.2, -0.15) is 5.10 Å². The molecule has 1 amide bonds. The van der Waals surface area contributed by atoms with Crippen LogP contribution in [0.2, 0.25) is 0 Å². The minimum atomic E-state index is -0.303. The molecule has 0 spiro atoms. The lowest BCUT2D eigenvalue weighted by Gasteiger charge is -2.07. The molecule has 2 aromatic rings. The minimum absolute atomic E-state index is 0.0785. The topological polar surface area (TPSA) is 59.9 Å². The molecule has 0 aliphatic carbocycles. The van der Waals surface area contributed by atoms with Crippen LogP contribution in [0.15, 0.2) is 53.6 Å². The van der Waals surface area contributed by atoms with Crippen molar-refractivity contribution in [2.45, 2.75) is 20.3 Å². The van der Waals surface area contributed by atoms with E-state index in [1.807, 2.05) is 55.5 Å². The molecule has 0 atom stereocenters. The Morgan fingerprint density at radius 3 is 2.25 bits per heavy atom. The number of carbonyl (C=O) groups is 1. The van der Waals surface area contributed by atoms with Gasteiger partial charge in [0.2, 0.25) is 0 Å². The van der Waals surface area contributed by atoms with Gasteiger partial charge in [0.05, 0.1) is 12.8 Å². The molecular formula is C19H22N2O3. The van der Waals surface area contributed by atoms with Crippen LogP contribution in [0.4, 0.5) is 0 Å². The van der Waals surface area contributed by atoms with Crippen molar-refractivity contribution in [2.75, 3.05) is 13.7 Å². The summed E-state index contributed by atoms with van der Waals surface area (Å²) in [5.41, 5.74) is 5.34. The minimum Gasteiger partial charge on any atom is -0.497 e. The van der Waals surface area contributed by atoms with Crippen molar-refractivity contribution < 1.29 is 14.3 Å². The van der Waals surface area contributed by atoms with E-state index in [1.54, 1.807) is 7.11 Å². The van der Waals surface area contributed by atoms with Crippen LogP contribution in [0.25, 0.3) is 0 Å². The maximum Gasteiger partial charge on any atom is 0.277 e. The number of ether oxygens (including phenoxy) is 2. The summed E-state index contributed by atoms with van der Waals surface area (Å²) in [5.74, 6) is 1.14. The number of nitrogens with one attached hydrogen (secondary N) is 1. The summed E-state index contributed by atoms with van der Waals surface area (Å²) < 4.78 is 10.5. The lowest BCUT2D eigenvalue weighted by molar-refractivity contribution is -0.123. The Morgan fingerprint density at radius 2 is 1.67 bits per heavy atom. The van der Waals surface area contributed by atoms with E-state index in [4.69, 9.17) is 9.47 Å². The predicted octanol–water partition coefficient (Wildman–Crippen LogP) is 3.18. The zero-order valence-electron chi connectivity index (χ0n) is 14.2. The van der Waals surface area contributed by atoms with Gasteiger partial charge in [0.1, 0.15) is 11.5 Å². The third-order valence-corrected chi connectivity index (χ3v) is 3.56. The zero-order valence-corrected chi connectivity index (χ0v) is 14.2. The number of nitrogens with zero attached hydrogens (tertiary/aromatic N) is 1. The van der Waals surface area contributed by atoms with E-state index in [2.05, 4.69) is 17.5 Å². The first-order valence-electron chi connectivity index (χ1n) is 7.81. The van der Waals surface area contributed by atoms with Crippen molar-refractivity contribution in [3.63, 3.8) is 0 Å². The second kappa shape index (κ2) is 8.72. The fourth-order valence-corrected chi connectivity index (χ4v) is 2.05. The van der Waals surface area contributed by atoms with Gasteiger partial charge in [-0.1, -0.05) is 19.1 Å². The molecule has 126 valence electrons. The number of benzene rings is 2. The second-order valence-corrected chi connectivity index (χ2v) is 5.25. The molecule has 0 fully saturated rings. The summed E-state index contributed by atoms with van der Waals surface area (Å²) in [7, 11) is 1.62. The molecule has 5 nitrogen and oxygen atoms in total. The van der Waals surface area contributed by atoms with E-state index in [0.717, 1.165) is 17.7 Å². The molecule has 5 heteroatoms. The first-order valence-corrected chi connectivity index (χ1v) is 7.81. The first-order chi connectivity index (χ1) is 11.6. The van der Waals surface area contributed by atoms with Gasteiger partial charge in [0.15, 0.2) is 6.61 Å². The van der Waals surface area contributed by atoms with Crippen molar-refractivity contribution >= 4 is 11.6 Å². The number of aryl methyl sites for hydroxylation is 1. The van der Waals surface area contributed by atoms with Crippen LogP contribution in [0.1, 0.15) is 25.0 Å². The number of rotatable bonds is 7. The Labute approximate surface area is 142 Å². The van der Waals surface area contributed by atoms with E-state index in [0.29, 0.717) is 11.5 Å². The number of hydrogen-bond acceptors (Lipinski definition) is 4. The molecule has 0 unspecified atom stereocenters. The highest BCUT2D eigenvalue weighted by Crippen LogP contribution is 2.13. The lowest BCUT2D eigenvalue weighted by Crippen LogP contribution is -2.25. The van der Waals surface area contributed by atoms with Gasteiger partial charge in [0, 0.05) is 0 Å². The van der Waals surface area contributed by atoms with Crippen molar-refractivity contribution in [2.24, 2.45) is 5.10 Å². The van der Waals surface area contributed by atoms with Gasteiger partial charge in [-0.3, -0.25) is 4.79 Å². The summed E-state index contributed by atoms with van der Waals surface area (Å²) in [5, 5.41) is 4.09. The Bertz CT molecular complexity index is 692. The fraction of sp³-hybridized carbons (Fsp3) is 0.263. The summed E-state index contributed by atoms with van der Waals surface area (Å²) in [6, 6.07) is 15.2. The quantitative estimate of drug-likeness (QED) is 0.628. The summed E-state index contributed by atoms with van der Waals surface area (Å²) in [6.45, 7) is 3.84. The Morgan fingerprint density at radius 1 is 1.04 bits per heavy atom. The lowest BCUT2D eigenvalue weighted by atomic mass is 10.1. The van der Waals surface area contributed by atoms with Gasteiger partial charge in [-0.15, -0.1) is 0 Å². The predicted molar refractivity (Wildman–Crippen MR) is 94.7 cm³/mol. The fourth-order valence-electron chi connectivity index (χ4n) is 2.05. The van der Waals surface area contributed by atoms with Crippen LogP contribution in [-0.4, -0.2) is 25.3 Å². The Balaban J connectivity index is 1.84. The van der Waals surface area contributed by atoms with Gasteiger partial charge in [0.25, 0.3) is 5.91 Å². The molecule has 0 aliphatic rings. The van der Waals surface area contributed by atoms with Crippen molar-refractivity contribution in [1.29, 1.82) is 0 Å². The maximum absolute atomic E-state index is 11.8. The average molecular weight is 326 g/mol. The third-order valence-electron chi connectivity index (χ3n) is 3.56. The summed E-state index contributed by atoms with van der Waals surface area (Å²) in [4.78, 5) is 11.8. The number of carbonyl (C=O) groups excluding carboxylic acids is 1. The number of hydrogen-bond donors (Lipinski definition) is 1. The largest absolute Gasteiger partial charge is 0.497 e. The Hall–Kier alpha value is -2.82. The van der Waals surface area contributed by atoms with Crippen LogP contribution in [0.3, 0.4) is 0 Å². The molecule has 24 heavy (non-hydrogen) atoms. The monoisotopic (exact) mass is 326 g/mol. The van der Waals surface area contributed by atoms with Gasteiger partial charge in [-0.25, -0.2) is 5.43 Å². The van der Waals surface area contributed by atoms with E-state index in [1.165, 1.54) is 5.56 Å². The van der Waals surface area contributed by atoms with Crippen molar-refractivity contribution in [1.82, 2.24) is 5.43 Å². The van der Waals surface area contributed by atoms with E-state index in [-0.39, 0.29) is 12.5 Å². The highest BCUT2D eigenvalue weighted by Gasteiger charge is 2.03. The molecule has 0 aromatic heterocycles. The average Bonchev–Trinajstić information content (AvgIpc) is 2.64. The van der Waals surface area contributed by atoms with Crippen LogP contribution in [0, 0.1) is 0 Å². The van der Waals surface area contributed by atoms with E-state index in [9.17, 15) is 4.79 Å². The number of hydrazone groups is 1. The molecule has 0 heterocycles. The van der Waals surface area contributed by atoms with Crippen LogP contribution < -0.4 is 14.9 Å². The molecule has 1 N–H and O–H groups in total. The molecule has 0 aliphatic heterocycles. The third kappa shape index (κ3) is 5.12. The second-order valence-electron chi connectivity index (χ2n) is 5.25. The Kier molecular flexibility index (Phi) is 6.37. The summed E-state index contributed by atoms with van der Waals surface area (Å²) >= 11 is 0. The normalized spacial score (nSPS) is 11.0. The smallest absolute Gasteiger partial charge is 0.277 e. The highest BCUT2D eigenvalue weighted by atomic mass is 16.5. The van der Waals surface area contributed by atoms with E-state index >= 15 is 0 Å². The molecule has 0 saturated heterocycles.